The van der Waals surface area contributed by atoms with Crippen molar-refractivity contribution in [1.82, 2.24) is 10.2 Å². The lowest BCUT2D eigenvalue weighted by Crippen LogP contribution is -2.49. The van der Waals surface area contributed by atoms with Crippen LogP contribution >= 0.6 is 23.5 Å². The van der Waals surface area contributed by atoms with Gasteiger partial charge in [-0.3, -0.25) is 4.90 Å². The third-order valence-electron chi connectivity index (χ3n) is 3.75. The second kappa shape index (κ2) is 6.53. The third-order valence-corrected chi connectivity index (χ3v) is 6.57. The van der Waals surface area contributed by atoms with E-state index in [0.717, 1.165) is 17.3 Å². The Labute approximate surface area is 108 Å². The molecule has 3 unspecified atom stereocenters. The first kappa shape index (κ1) is 13.1. The lowest BCUT2D eigenvalue weighted by Gasteiger charge is -2.39. The van der Waals surface area contributed by atoms with Gasteiger partial charge in [0.05, 0.1) is 0 Å². The van der Waals surface area contributed by atoms with Crippen LogP contribution in [0.1, 0.15) is 19.8 Å². The molecule has 0 spiro atoms. The minimum absolute atomic E-state index is 0.750. The van der Waals surface area contributed by atoms with Crippen molar-refractivity contribution in [2.75, 3.05) is 37.4 Å². The molecular weight excluding hydrogens is 236 g/mol. The van der Waals surface area contributed by atoms with Crippen LogP contribution < -0.4 is 5.32 Å². The monoisotopic (exact) mass is 260 g/mol. The van der Waals surface area contributed by atoms with Gasteiger partial charge in [0.2, 0.25) is 0 Å². The van der Waals surface area contributed by atoms with Crippen molar-refractivity contribution in [2.45, 2.75) is 37.1 Å². The van der Waals surface area contributed by atoms with E-state index in [2.05, 4.69) is 47.7 Å². The number of piperidine rings is 1. The summed E-state index contributed by atoms with van der Waals surface area (Å²) in [5.41, 5.74) is 0. The van der Waals surface area contributed by atoms with Crippen molar-refractivity contribution < 1.29 is 0 Å². The molecule has 2 aliphatic heterocycles. The van der Waals surface area contributed by atoms with Crippen LogP contribution in [0.4, 0.5) is 0 Å². The predicted molar refractivity (Wildman–Crippen MR) is 76.7 cm³/mol. The molecule has 2 nitrogen and oxygen atoms in total. The number of rotatable bonds is 3. The first-order valence-electron chi connectivity index (χ1n) is 6.40. The molecule has 0 radical (unpaired) electrons. The maximum Gasteiger partial charge on any atom is 0.0265 e. The number of likely N-dealkylation sites (tertiary alicyclic amines) is 1. The molecule has 2 heterocycles. The minimum Gasteiger partial charge on any atom is -0.317 e. The van der Waals surface area contributed by atoms with Gasteiger partial charge in [0, 0.05) is 41.1 Å². The molecule has 2 saturated heterocycles. The summed E-state index contributed by atoms with van der Waals surface area (Å²) >= 11 is 4.33. The highest BCUT2D eigenvalue weighted by atomic mass is 32.2. The number of thioether (sulfide) groups is 2. The Hall–Kier alpha value is 0.620. The number of nitrogens with zero attached hydrogens (tertiary/aromatic N) is 1. The molecule has 0 aromatic heterocycles. The molecule has 1 N–H and O–H groups in total. The molecule has 94 valence electrons. The van der Waals surface area contributed by atoms with E-state index < -0.39 is 0 Å². The van der Waals surface area contributed by atoms with E-state index in [1.54, 1.807) is 0 Å². The van der Waals surface area contributed by atoms with Crippen molar-refractivity contribution in [3.63, 3.8) is 0 Å². The molecule has 0 aliphatic carbocycles. The zero-order valence-electron chi connectivity index (χ0n) is 10.4. The molecule has 2 aliphatic rings. The summed E-state index contributed by atoms with van der Waals surface area (Å²) in [6.45, 7) is 4.99. The molecule has 2 fully saturated rings. The molecule has 16 heavy (non-hydrogen) atoms. The van der Waals surface area contributed by atoms with E-state index in [4.69, 9.17) is 0 Å². The Balaban J connectivity index is 1.76. The van der Waals surface area contributed by atoms with Crippen molar-refractivity contribution >= 4 is 23.5 Å². The first-order chi connectivity index (χ1) is 7.79. The van der Waals surface area contributed by atoms with Crippen molar-refractivity contribution in [3.05, 3.63) is 0 Å². The van der Waals surface area contributed by atoms with Gasteiger partial charge in [0.1, 0.15) is 0 Å². The molecule has 4 heteroatoms. The van der Waals surface area contributed by atoms with E-state index in [-0.39, 0.29) is 0 Å². The summed E-state index contributed by atoms with van der Waals surface area (Å²) in [6.07, 6.45) is 2.65. The van der Waals surface area contributed by atoms with Crippen molar-refractivity contribution in [2.24, 2.45) is 0 Å². The fourth-order valence-corrected chi connectivity index (χ4v) is 5.35. The summed E-state index contributed by atoms with van der Waals surface area (Å²) < 4.78 is 0. The summed E-state index contributed by atoms with van der Waals surface area (Å²) in [5.74, 6) is 4.08. The maximum atomic E-state index is 3.42. The van der Waals surface area contributed by atoms with Crippen LogP contribution in [-0.2, 0) is 0 Å². The standard InChI is InChI=1S/C12H24N2S2/c1-10-7-11(13-2)3-4-14(10)8-12-9-15-5-6-16-12/h10-13H,3-9H2,1-2H3. The minimum atomic E-state index is 0.750. The molecule has 0 aromatic carbocycles. The van der Waals surface area contributed by atoms with Gasteiger partial charge in [-0.1, -0.05) is 0 Å². The van der Waals surface area contributed by atoms with E-state index >= 15 is 0 Å². The molecule has 3 atom stereocenters. The van der Waals surface area contributed by atoms with Crippen molar-refractivity contribution in [3.8, 4) is 0 Å². The van der Waals surface area contributed by atoms with Gasteiger partial charge in [-0.05, 0) is 33.4 Å². The zero-order valence-corrected chi connectivity index (χ0v) is 12.1. The van der Waals surface area contributed by atoms with E-state index in [9.17, 15) is 0 Å². The summed E-state index contributed by atoms with van der Waals surface area (Å²) in [6, 6.07) is 1.51. The topological polar surface area (TPSA) is 15.3 Å². The molecule has 0 saturated carbocycles. The first-order valence-corrected chi connectivity index (χ1v) is 8.60. The van der Waals surface area contributed by atoms with Crippen LogP contribution in [0.2, 0.25) is 0 Å². The van der Waals surface area contributed by atoms with E-state index in [1.165, 1.54) is 43.2 Å². The zero-order chi connectivity index (χ0) is 11.4. The van der Waals surface area contributed by atoms with Crippen molar-refractivity contribution in [1.29, 1.82) is 0 Å². The van der Waals surface area contributed by atoms with E-state index in [0.29, 0.717) is 0 Å². The second-order valence-electron chi connectivity index (χ2n) is 4.92. The lowest BCUT2D eigenvalue weighted by atomic mass is 9.98. The average molecular weight is 260 g/mol. The molecule has 0 bridgehead atoms. The molecule has 2 rings (SSSR count). The van der Waals surface area contributed by atoms with Crippen LogP contribution in [0.15, 0.2) is 0 Å². The fourth-order valence-electron chi connectivity index (χ4n) is 2.66. The fraction of sp³-hybridized carbons (Fsp3) is 1.00. The van der Waals surface area contributed by atoms with Crippen LogP contribution in [-0.4, -0.2) is 59.6 Å². The Morgan fingerprint density at radius 1 is 1.38 bits per heavy atom. The largest absolute Gasteiger partial charge is 0.317 e. The number of hydrogen-bond acceptors (Lipinski definition) is 4. The summed E-state index contributed by atoms with van der Waals surface area (Å²) in [5, 5.41) is 4.30. The van der Waals surface area contributed by atoms with Crippen LogP contribution in [0.3, 0.4) is 0 Å². The average Bonchev–Trinajstić information content (AvgIpc) is 2.33. The van der Waals surface area contributed by atoms with Crippen LogP contribution in [0.25, 0.3) is 0 Å². The Morgan fingerprint density at radius 3 is 2.88 bits per heavy atom. The highest BCUT2D eigenvalue weighted by Gasteiger charge is 2.27. The van der Waals surface area contributed by atoms with Gasteiger partial charge < -0.3 is 5.32 Å². The molecule has 0 amide bonds. The smallest absolute Gasteiger partial charge is 0.0265 e. The maximum absolute atomic E-state index is 3.42. The Morgan fingerprint density at radius 2 is 2.25 bits per heavy atom. The highest BCUT2D eigenvalue weighted by molar-refractivity contribution is 8.06. The Kier molecular flexibility index (Phi) is 5.33. The van der Waals surface area contributed by atoms with Crippen LogP contribution in [0.5, 0.6) is 0 Å². The number of nitrogens with one attached hydrogen (secondary N) is 1. The predicted octanol–water partition coefficient (Wildman–Crippen LogP) is 1.91. The molecular formula is C12H24N2S2. The highest BCUT2D eigenvalue weighted by Crippen LogP contribution is 2.27. The van der Waals surface area contributed by atoms with Gasteiger partial charge in [0.25, 0.3) is 0 Å². The molecule has 0 aromatic rings. The third kappa shape index (κ3) is 3.56. The second-order valence-corrected chi connectivity index (χ2v) is 7.48. The quantitative estimate of drug-likeness (QED) is 0.833. The normalized spacial score (nSPS) is 37.5. The SMILES string of the molecule is CNC1CCN(CC2CSCCS2)C(C)C1. The summed E-state index contributed by atoms with van der Waals surface area (Å²) in [7, 11) is 2.10. The van der Waals surface area contributed by atoms with Gasteiger partial charge in [-0.25, -0.2) is 0 Å². The lowest BCUT2D eigenvalue weighted by molar-refractivity contribution is 0.141. The van der Waals surface area contributed by atoms with Gasteiger partial charge >= 0.3 is 0 Å². The van der Waals surface area contributed by atoms with Gasteiger partial charge in [-0.2, -0.15) is 23.5 Å². The van der Waals surface area contributed by atoms with E-state index in [1.807, 2.05) is 0 Å². The van der Waals surface area contributed by atoms with Gasteiger partial charge in [0.15, 0.2) is 0 Å². The number of hydrogen-bond donors (Lipinski definition) is 1. The van der Waals surface area contributed by atoms with Crippen LogP contribution in [0, 0.1) is 0 Å². The summed E-state index contributed by atoms with van der Waals surface area (Å²) in [4.78, 5) is 2.71. The van der Waals surface area contributed by atoms with Gasteiger partial charge in [-0.15, -0.1) is 0 Å². The Bertz CT molecular complexity index is 207.